The molecule has 2 heterocycles. The fraction of sp³-hybridized carbons (Fsp3) is 0.909. The maximum absolute atomic E-state index is 12.0. The molecule has 1 amide bonds. The average Bonchev–Trinajstić information content (AvgIpc) is 2.86. The number of carbonyl (C=O) groups is 1. The first-order valence-corrected chi connectivity index (χ1v) is 6.03. The van der Waals surface area contributed by atoms with Gasteiger partial charge in [-0.05, 0) is 38.8 Å². The van der Waals surface area contributed by atoms with Crippen molar-refractivity contribution in [3.05, 3.63) is 0 Å². The summed E-state index contributed by atoms with van der Waals surface area (Å²) in [6.07, 6.45) is 4.69. The van der Waals surface area contributed by atoms with Crippen LogP contribution >= 0.6 is 0 Å². The highest BCUT2D eigenvalue weighted by Crippen LogP contribution is 2.17. The molecule has 2 N–H and O–H groups in total. The molecule has 1 unspecified atom stereocenters. The van der Waals surface area contributed by atoms with Gasteiger partial charge in [-0.2, -0.15) is 0 Å². The molecular weight excluding hydrogens is 190 g/mol. The van der Waals surface area contributed by atoms with Crippen LogP contribution in [-0.4, -0.2) is 54.5 Å². The average molecular weight is 211 g/mol. The van der Waals surface area contributed by atoms with Crippen LogP contribution in [0.15, 0.2) is 0 Å². The van der Waals surface area contributed by atoms with Gasteiger partial charge in [0.2, 0.25) is 5.91 Å². The quantitative estimate of drug-likeness (QED) is 0.716. The molecule has 2 aliphatic rings. The van der Waals surface area contributed by atoms with E-state index in [0.29, 0.717) is 19.1 Å². The summed E-state index contributed by atoms with van der Waals surface area (Å²) in [6, 6.07) is 0.306. The zero-order valence-corrected chi connectivity index (χ0v) is 9.32. The van der Waals surface area contributed by atoms with Crippen molar-refractivity contribution in [3.63, 3.8) is 0 Å². The number of rotatable bonds is 3. The third kappa shape index (κ3) is 2.49. The lowest BCUT2D eigenvalue weighted by molar-refractivity contribution is -0.132. The van der Waals surface area contributed by atoms with E-state index in [2.05, 4.69) is 4.90 Å². The Labute approximate surface area is 91.4 Å². The molecule has 86 valence electrons. The van der Waals surface area contributed by atoms with E-state index in [4.69, 9.17) is 5.73 Å². The second-order valence-electron chi connectivity index (χ2n) is 4.60. The molecule has 0 spiro atoms. The topological polar surface area (TPSA) is 49.6 Å². The SMILES string of the molecule is NCC1CCCN1C(=O)CN1CCCC1. The van der Waals surface area contributed by atoms with Crippen LogP contribution in [0.5, 0.6) is 0 Å². The van der Waals surface area contributed by atoms with Crippen molar-refractivity contribution in [2.75, 3.05) is 32.7 Å². The first kappa shape index (κ1) is 10.9. The van der Waals surface area contributed by atoms with Gasteiger partial charge in [0.15, 0.2) is 0 Å². The van der Waals surface area contributed by atoms with E-state index in [9.17, 15) is 4.79 Å². The van der Waals surface area contributed by atoms with E-state index in [1.54, 1.807) is 0 Å². The minimum atomic E-state index is 0.282. The zero-order chi connectivity index (χ0) is 10.7. The van der Waals surface area contributed by atoms with Crippen LogP contribution in [0.1, 0.15) is 25.7 Å². The molecule has 0 aliphatic carbocycles. The molecule has 2 aliphatic heterocycles. The van der Waals surface area contributed by atoms with Gasteiger partial charge in [-0.25, -0.2) is 0 Å². The Morgan fingerprint density at radius 2 is 1.93 bits per heavy atom. The predicted octanol–water partition coefficient (Wildman–Crippen LogP) is 0.0319. The van der Waals surface area contributed by atoms with Gasteiger partial charge in [-0.3, -0.25) is 9.69 Å². The van der Waals surface area contributed by atoms with Crippen LogP contribution in [0.25, 0.3) is 0 Å². The smallest absolute Gasteiger partial charge is 0.237 e. The van der Waals surface area contributed by atoms with Crippen LogP contribution in [0.2, 0.25) is 0 Å². The monoisotopic (exact) mass is 211 g/mol. The summed E-state index contributed by atoms with van der Waals surface area (Å²) in [7, 11) is 0. The van der Waals surface area contributed by atoms with Crippen molar-refractivity contribution < 1.29 is 4.79 Å². The molecule has 15 heavy (non-hydrogen) atoms. The van der Waals surface area contributed by atoms with Crippen molar-refractivity contribution in [1.82, 2.24) is 9.80 Å². The zero-order valence-electron chi connectivity index (χ0n) is 9.32. The molecule has 1 atom stereocenters. The van der Waals surface area contributed by atoms with Gasteiger partial charge in [0, 0.05) is 19.1 Å². The standard InChI is InChI=1S/C11H21N3O/c12-8-10-4-3-7-14(10)11(15)9-13-5-1-2-6-13/h10H,1-9,12H2. The van der Waals surface area contributed by atoms with Crippen LogP contribution in [-0.2, 0) is 4.79 Å². The molecule has 0 bridgehead atoms. The maximum atomic E-state index is 12.0. The van der Waals surface area contributed by atoms with E-state index in [0.717, 1.165) is 32.5 Å². The van der Waals surface area contributed by atoms with E-state index < -0.39 is 0 Å². The summed E-state index contributed by atoms with van der Waals surface area (Å²) in [4.78, 5) is 16.2. The van der Waals surface area contributed by atoms with Crippen LogP contribution < -0.4 is 5.73 Å². The van der Waals surface area contributed by atoms with Crippen molar-refractivity contribution in [3.8, 4) is 0 Å². The van der Waals surface area contributed by atoms with Gasteiger partial charge in [0.25, 0.3) is 0 Å². The second-order valence-corrected chi connectivity index (χ2v) is 4.60. The number of nitrogens with two attached hydrogens (primary N) is 1. The van der Waals surface area contributed by atoms with Crippen LogP contribution in [0.3, 0.4) is 0 Å². The lowest BCUT2D eigenvalue weighted by Gasteiger charge is -2.25. The Morgan fingerprint density at radius 1 is 1.20 bits per heavy atom. The lowest BCUT2D eigenvalue weighted by atomic mass is 10.2. The fourth-order valence-corrected chi connectivity index (χ4v) is 2.63. The molecule has 0 radical (unpaired) electrons. The molecule has 0 aromatic carbocycles. The molecule has 4 heteroatoms. The Morgan fingerprint density at radius 3 is 2.60 bits per heavy atom. The van der Waals surface area contributed by atoms with Gasteiger partial charge < -0.3 is 10.6 Å². The number of hydrogen-bond donors (Lipinski definition) is 1. The second kappa shape index (κ2) is 4.94. The van der Waals surface area contributed by atoms with Gasteiger partial charge in [0.1, 0.15) is 0 Å². The Balaban J connectivity index is 1.83. The molecule has 2 fully saturated rings. The van der Waals surface area contributed by atoms with Crippen molar-refractivity contribution >= 4 is 5.91 Å². The number of hydrogen-bond acceptors (Lipinski definition) is 3. The summed E-state index contributed by atoms with van der Waals surface area (Å²) in [5.74, 6) is 0.282. The summed E-state index contributed by atoms with van der Waals surface area (Å²) >= 11 is 0. The van der Waals surface area contributed by atoms with Crippen molar-refractivity contribution in [2.45, 2.75) is 31.7 Å². The summed E-state index contributed by atoms with van der Waals surface area (Å²) in [5, 5.41) is 0. The molecule has 0 aromatic heterocycles. The molecular formula is C11H21N3O. The minimum Gasteiger partial charge on any atom is -0.337 e. The Hall–Kier alpha value is -0.610. The first-order chi connectivity index (χ1) is 7.31. The van der Waals surface area contributed by atoms with Gasteiger partial charge in [-0.1, -0.05) is 0 Å². The number of carbonyl (C=O) groups excluding carboxylic acids is 1. The molecule has 2 saturated heterocycles. The number of nitrogens with zero attached hydrogens (tertiary/aromatic N) is 2. The highest BCUT2D eigenvalue weighted by molar-refractivity contribution is 5.79. The number of amides is 1. The molecule has 0 saturated carbocycles. The van der Waals surface area contributed by atoms with Gasteiger partial charge >= 0.3 is 0 Å². The predicted molar refractivity (Wildman–Crippen MR) is 59.5 cm³/mol. The molecule has 0 aromatic rings. The van der Waals surface area contributed by atoms with Gasteiger partial charge in [-0.15, -0.1) is 0 Å². The molecule has 2 rings (SSSR count). The van der Waals surface area contributed by atoms with E-state index in [1.807, 2.05) is 4.90 Å². The Kier molecular flexibility index (Phi) is 3.59. The van der Waals surface area contributed by atoms with E-state index in [-0.39, 0.29) is 5.91 Å². The van der Waals surface area contributed by atoms with Crippen LogP contribution in [0, 0.1) is 0 Å². The summed E-state index contributed by atoms with van der Waals surface area (Å²) in [5.41, 5.74) is 5.66. The third-order valence-electron chi connectivity index (χ3n) is 3.53. The van der Waals surface area contributed by atoms with E-state index in [1.165, 1.54) is 12.8 Å². The largest absolute Gasteiger partial charge is 0.337 e. The van der Waals surface area contributed by atoms with Gasteiger partial charge in [0.05, 0.1) is 6.54 Å². The Bertz CT molecular complexity index is 226. The normalized spacial score (nSPS) is 27.5. The summed E-state index contributed by atoms with van der Waals surface area (Å²) in [6.45, 7) is 4.32. The van der Waals surface area contributed by atoms with E-state index >= 15 is 0 Å². The molecule has 4 nitrogen and oxygen atoms in total. The number of likely N-dealkylation sites (tertiary alicyclic amines) is 2. The fourth-order valence-electron chi connectivity index (χ4n) is 2.63. The third-order valence-corrected chi connectivity index (χ3v) is 3.53. The van der Waals surface area contributed by atoms with Crippen molar-refractivity contribution in [1.29, 1.82) is 0 Å². The first-order valence-electron chi connectivity index (χ1n) is 6.03. The summed E-state index contributed by atoms with van der Waals surface area (Å²) < 4.78 is 0. The lowest BCUT2D eigenvalue weighted by Crippen LogP contribution is -2.44. The van der Waals surface area contributed by atoms with Crippen LogP contribution in [0.4, 0.5) is 0 Å². The maximum Gasteiger partial charge on any atom is 0.237 e. The van der Waals surface area contributed by atoms with Crippen molar-refractivity contribution in [2.24, 2.45) is 5.73 Å². The minimum absolute atomic E-state index is 0.282. The highest BCUT2D eigenvalue weighted by Gasteiger charge is 2.28. The highest BCUT2D eigenvalue weighted by atomic mass is 16.2.